The van der Waals surface area contributed by atoms with Gasteiger partial charge in [0.15, 0.2) is 0 Å². The summed E-state index contributed by atoms with van der Waals surface area (Å²) in [6.07, 6.45) is -0.116. The molecule has 2 rings (SSSR count). The molecule has 0 saturated carbocycles. The van der Waals surface area contributed by atoms with Crippen LogP contribution in [0.3, 0.4) is 0 Å². The monoisotopic (exact) mass is 227 g/mol. The van der Waals surface area contributed by atoms with Crippen LogP contribution in [0.25, 0.3) is 0 Å². The lowest BCUT2D eigenvalue weighted by Gasteiger charge is -2.31. The van der Waals surface area contributed by atoms with Gasteiger partial charge in [0.2, 0.25) is 0 Å². The van der Waals surface area contributed by atoms with E-state index in [9.17, 15) is 8.78 Å². The van der Waals surface area contributed by atoms with Gasteiger partial charge in [-0.1, -0.05) is 12.1 Å². The van der Waals surface area contributed by atoms with E-state index in [0.717, 1.165) is 0 Å². The maximum absolute atomic E-state index is 13.8. The van der Waals surface area contributed by atoms with Crippen LogP contribution in [0.1, 0.15) is 18.9 Å². The van der Waals surface area contributed by atoms with Crippen LogP contribution in [0.2, 0.25) is 0 Å². The van der Waals surface area contributed by atoms with Crippen LogP contribution >= 0.6 is 0 Å². The second-order valence-electron chi connectivity index (χ2n) is 4.23. The van der Waals surface area contributed by atoms with Crippen LogP contribution in [0.4, 0.5) is 8.78 Å². The van der Waals surface area contributed by atoms with Crippen molar-refractivity contribution in [2.75, 3.05) is 13.7 Å². The number of ether oxygens (including phenoxy) is 1. The highest BCUT2D eigenvalue weighted by Crippen LogP contribution is 2.43. The summed E-state index contributed by atoms with van der Waals surface area (Å²) in [6.45, 7) is 1.89. The van der Waals surface area contributed by atoms with Gasteiger partial charge in [-0.15, -0.1) is 0 Å². The third-order valence-electron chi connectivity index (χ3n) is 3.32. The van der Waals surface area contributed by atoms with Gasteiger partial charge in [-0.2, -0.15) is 0 Å². The average molecular weight is 227 g/mol. The largest absolute Gasteiger partial charge is 0.497 e. The SMILES string of the molecule is COc1ccc(C2(C)NCCC2(F)F)cc1. The van der Waals surface area contributed by atoms with E-state index in [1.54, 1.807) is 38.3 Å². The van der Waals surface area contributed by atoms with Crippen LogP contribution in [-0.4, -0.2) is 19.6 Å². The van der Waals surface area contributed by atoms with E-state index in [0.29, 0.717) is 17.9 Å². The Morgan fingerprint density at radius 2 is 1.88 bits per heavy atom. The highest BCUT2D eigenvalue weighted by molar-refractivity contribution is 5.34. The van der Waals surface area contributed by atoms with Crippen molar-refractivity contribution in [3.63, 3.8) is 0 Å². The van der Waals surface area contributed by atoms with Crippen LogP contribution in [0.5, 0.6) is 5.75 Å². The first-order chi connectivity index (χ1) is 7.49. The van der Waals surface area contributed by atoms with Gasteiger partial charge in [0.05, 0.1) is 7.11 Å². The molecule has 0 spiro atoms. The summed E-state index contributed by atoms with van der Waals surface area (Å²) in [5.74, 6) is -2.03. The standard InChI is InChI=1S/C12H15F2NO/c1-11(12(13,14)7-8-15-11)9-3-5-10(16-2)6-4-9/h3-6,15H,7-8H2,1-2H3. The number of hydrogen-bond donors (Lipinski definition) is 1. The van der Waals surface area contributed by atoms with E-state index in [2.05, 4.69) is 5.32 Å². The molecule has 1 saturated heterocycles. The molecule has 0 aromatic heterocycles. The molecule has 1 N–H and O–H groups in total. The molecule has 1 atom stereocenters. The van der Waals surface area contributed by atoms with E-state index in [4.69, 9.17) is 4.74 Å². The summed E-state index contributed by atoms with van der Waals surface area (Å²) in [6, 6.07) is 6.78. The highest BCUT2D eigenvalue weighted by Gasteiger charge is 2.54. The van der Waals surface area contributed by atoms with E-state index < -0.39 is 11.5 Å². The minimum absolute atomic E-state index is 0.116. The Bertz CT molecular complexity index is 377. The summed E-state index contributed by atoms with van der Waals surface area (Å²) in [5, 5.41) is 2.89. The van der Waals surface area contributed by atoms with Crippen molar-refractivity contribution in [1.29, 1.82) is 0 Å². The number of benzene rings is 1. The number of methoxy groups -OCH3 is 1. The topological polar surface area (TPSA) is 21.3 Å². The lowest BCUT2D eigenvalue weighted by molar-refractivity contribution is -0.0559. The summed E-state index contributed by atoms with van der Waals surface area (Å²) < 4.78 is 32.5. The molecule has 1 aromatic carbocycles. The van der Waals surface area contributed by atoms with Gasteiger partial charge < -0.3 is 10.1 Å². The van der Waals surface area contributed by atoms with Crippen molar-refractivity contribution in [1.82, 2.24) is 5.32 Å². The van der Waals surface area contributed by atoms with Crippen molar-refractivity contribution < 1.29 is 13.5 Å². The molecule has 0 bridgehead atoms. The van der Waals surface area contributed by atoms with Crippen LogP contribution in [0, 0.1) is 0 Å². The quantitative estimate of drug-likeness (QED) is 0.838. The molecule has 0 radical (unpaired) electrons. The van der Waals surface area contributed by atoms with E-state index in [1.807, 2.05) is 0 Å². The molecule has 1 heterocycles. The summed E-state index contributed by atoms with van der Waals surface area (Å²) in [7, 11) is 1.55. The summed E-state index contributed by atoms with van der Waals surface area (Å²) >= 11 is 0. The maximum atomic E-state index is 13.8. The third-order valence-corrected chi connectivity index (χ3v) is 3.32. The molecule has 88 valence electrons. The van der Waals surface area contributed by atoms with Gasteiger partial charge in [0, 0.05) is 13.0 Å². The Balaban J connectivity index is 2.35. The van der Waals surface area contributed by atoms with Crippen molar-refractivity contribution in [3.8, 4) is 5.75 Å². The first-order valence-electron chi connectivity index (χ1n) is 5.27. The molecule has 1 aliphatic heterocycles. The fourth-order valence-corrected chi connectivity index (χ4v) is 2.09. The number of rotatable bonds is 2. The first kappa shape index (κ1) is 11.3. The molecule has 2 nitrogen and oxygen atoms in total. The molecule has 1 aromatic rings. The number of halogens is 2. The van der Waals surface area contributed by atoms with Crippen molar-refractivity contribution >= 4 is 0 Å². The third kappa shape index (κ3) is 1.57. The Morgan fingerprint density at radius 1 is 1.25 bits per heavy atom. The molecule has 0 aliphatic carbocycles. The van der Waals surface area contributed by atoms with Crippen molar-refractivity contribution in [2.45, 2.75) is 24.8 Å². The normalized spacial score (nSPS) is 28.0. The van der Waals surface area contributed by atoms with Gasteiger partial charge in [-0.3, -0.25) is 0 Å². The van der Waals surface area contributed by atoms with Gasteiger partial charge in [-0.25, -0.2) is 8.78 Å². The van der Waals surface area contributed by atoms with Crippen molar-refractivity contribution in [2.24, 2.45) is 0 Å². The van der Waals surface area contributed by atoms with Crippen LogP contribution < -0.4 is 10.1 Å². The fraction of sp³-hybridized carbons (Fsp3) is 0.500. The zero-order chi connectivity index (χ0) is 11.8. The number of hydrogen-bond acceptors (Lipinski definition) is 2. The molecule has 4 heteroatoms. The Labute approximate surface area is 93.6 Å². The highest BCUT2D eigenvalue weighted by atomic mass is 19.3. The zero-order valence-corrected chi connectivity index (χ0v) is 9.39. The van der Waals surface area contributed by atoms with Gasteiger partial charge in [0.25, 0.3) is 5.92 Å². The van der Waals surface area contributed by atoms with Crippen molar-refractivity contribution in [3.05, 3.63) is 29.8 Å². The predicted octanol–water partition coefficient (Wildman–Crippen LogP) is 2.54. The molecule has 1 unspecified atom stereocenters. The summed E-state index contributed by atoms with van der Waals surface area (Å²) in [5.41, 5.74) is -0.671. The number of alkyl halides is 2. The molecule has 16 heavy (non-hydrogen) atoms. The zero-order valence-electron chi connectivity index (χ0n) is 9.39. The second kappa shape index (κ2) is 3.70. The lowest BCUT2D eigenvalue weighted by Crippen LogP contribution is -2.45. The molecule has 0 amide bonds. The maximum Gasteiger partial charge on any atom is 0.270 e. The molecule has 1 fully saturated rings. The fourth-order valence-electron chi connectivity index (χ4n) is 2.09. The van der Waals surface area contributed by atoms with Gasteiger partial charge >= 0.3 is 0 Å². The molecular weight excluding hydrogens is 212 g/mol. The Hall–Kier alpha value is -1.16. The van der Waals surface area contributed by atoms with Crippen LogP contribution in [-0.2, 0) is 5.54 Å². The smallest absolute Gasteiger partial charge is 0.270 e. The Morgan fingerprint density at radius 3 is 2.31 bits per heavy atom. The van der Waals surface area contributed by atoms with E-state index in [-0.39, 0.29) is 6.42 Å². The molecular formula is C12H15F2NO. The van der Waals surface area contributed by atoms with E-state index in [1.165, 1.54) is 0 Å². The minimum Gasteiger partial charge on any atom is -0.497 e. The lowest BCUT2D eigenvalue weighted by atomic mass is 9.87. The second-order valence-corrected chi connectivity index (χ2v) is 4.23. The summed E-state index contributed by atoms with van der Waals surface area (Å²) in [4.78, 5) is 0. The van der Waals surface area contributed by atoms with Crippen LogP contribution in [0.15, 0.2) is 24.3 Å². The Kier molecular flexibility index (Phi) is 2.62. The number of nitrogens with one attached hydrogen (secondary N) is 1. The average Bonchev–Trinajstić information content (AvgIpc) is 2.55. The molecule has 1 aliphatic rings. The van der Waals surface area contributed by atoms with Gasteiger partial charge in [0.1, 0.15) is 11.3 Å². The van der Waals surface area contributed by atoms with E-state index >= 15 is 0 Å². The first-order valence-corrected chi connectivity index (χ1v) is 5.27. The van der Waals surface area contributed by atoms with Gasteiger partial charge in [-0.05, 0) is 24.6 Å². The minimum atomic E-state index is -2.71. The predicted molar refractivity (Wildman–Crippen MR) is 57.9 cm³/mol.